The summed E-state index contributed by atoms with van der Waals surface area (Å²) in [4.78, 5) is 0. The van der Waals surface area contributed by atoms with Gasteiger partial charge in [0.2, 0.25) is 0 Å². The van der Waals surface area contributed by atoms with Crippen molar-refractivity contribution in [2.45, 2.75) is 18.5 Å². The molecule has 3 heteroatoms. The molecule has 0 saturated carbocycles. The summed E-state index contributed by atoms with van der Waals surface area (Å²) in [5.74, 6) is -0.588. The number of hydrogen-bond acceptors (Lipinski definition) is 0. The number of rotatable bonds is 5. The van der Waals surface area contributed by atoms with E-state index in [0.29, 0.717) is 12.3 Å². The molecule has 2 atom stereocenters. The lowest BCUT2D eigenvalue weighted by molar-refractivity contribution is 0.275. The molecule has 0 radical (unpaired) electrons. The third-order valence-corrected chi connectivity index (χ3v) is 3.42. The van der Waals surface area contributed by atoms with E-state index in [2.05, 4.69) is 0 Å². The Balaban J connectivity index is 2.32. The van der Waals surface area contributed by atoms with E-state index in [9.17, 15) is 8.78 Å². The molecule has 2 rings (SSSR count). The first-order valence-corrected chi connectivity index (χ1v) is 6.77. The summed E-state index contributed by atoms with van der Waals surface area (Å²) in [6.07, 6.45) is -0.913. The van der Waals surface area contributed by atoms with Crippen LogP contribution in [0.25, 0.3) is 0 Å². The van der Waals surface area contributed by atoms with Crippen LogP contribution in [0.15, 0.2) is 54.6 Å². The smallest absolute Gasteiger partial charge is 0.135 e. The first kappa shape index (κ1) is 14.0. The van der Waals surface area contributed by atoms with Gasteiger partial charge in [-0.2, -0.15) is 0 Å². The van der Waals surface area contributed by atoms with Gasteiger partial charge in [-0.25, -0.2) is 8.78 Å². The standard InChI is InChI=1S/C16H15ClF2/c17-11-10-13(12-6-2-1-3-7-12)16(19)14-8-4-5-9-15(14)18/h1-9,13,16H,10-11H2. The summed E-state index contributed by atoms with van der Waals surface area (Å²) in [6.45, 7) is 0. The second-order valence-corrected chi connectivity index (χ2v) is 4.80. The van der Waals surface area contributed by atoms with Crippen molar-refractivity contribution in [3.05, 3.63) is 71.5 Å². The Morgan fingerprint density at radius 3 is 2.21 bits per heavy atom. The van der Waals surface area contributed by atoms with Gasteiger partial charge in [-0.3, -0.25) is 0 Å². The van der Waals surface area contributed by atoms with Crippen LogP contribution in [0.1, 0.15) is 29.6 Å². The van der Waals surface area contributed by atoms with Crippen LogP contribution < -0.4 is 0 Å². The lowest BCUT2D eigenvalue weighted by atomic mass is 9.88. The van der Waals surface area contributed by atoms with Gasteiger partial charge in [0, 0.05) is 17.4 Å². The Bertz CT molecular complexity index is 513. The molecule has 100 valence electrons. The average molecular weight is 281 g/mol. The van der Waals surface area contributed by atoms with Crippen LogP contribution in [0.3, 0.4) is 0 Å². The second-order valence-electron chi connectivity index (χ2n) is 4.42. The molecule has 2 aromatic carbocycles. The molecule has 0 heterocycles. The fraction of sp³-hybridized carbons (Fsp3) is 0.250. The van der Waals surface area contributed by atoms with Crippen LogP contribution >= 0.6 is 11.6 Å². The van der Waals surface area contributed by atoms with Crippen molar-refractivity contribution in [2.24, 2.45) is 0 Å². The lowest BCUT2D eigenvalue weighted by Gasteiger charge is -2.21. The minimum atomic E-state index is -1.39. The molecule has 0 fully saturated rings. The highest BCUT2D eigenvalue weighted by molar-refractivity contribution is 6.17. The fourth-order valence-corrected chi connectivity index (χ4v) is 2.45. The van der Waals surface area contributed by atoms with E-state index in [-0.39, 0.29) is 5.56 Å². The van der Waals surface area contributed by atoms with Crippen LogP contribution in [0.2, 0.25) is 0 Å². The van der Waals surface area contributed by atoms with Gasteiger partial charge in [-0.15, -0.1) is 11.6 Å². The number of hydrogen-bond donors (Lipinski definition) is 0. The topological polar surface area (TPSA) is 0 Å². The molecule has 2 unspecified atom stereocenters. The number of halogens is 3. The molecule has 0 N–H and O–H groups in total. The summed E-state index contributed by atoms with van der Waals surface area (Å²) in [6, 6.07) is 15.3. The lowest BCUT2D eigenvalue weighted by Crippen LogP contribution is -2.09. The van der Waals surface area contributed by atoms with E-state index < -0.39 is 17.9 Å². The third-order valence-electron chi connectivity index (χ3n) is 3.20. The number of alkyl halides is 2. The van der Waals surface area contributed by atoms with Gasteiger partial charge in [-0.05, 0) is 18.1 Å². The van der Waals surface area contributed by atoms with Crippen LogP contribution in [-0.4, -0.2) is 5.88 Å². The molecule has 0 aliphatic rings. The van der Waals surface area contributed by atoms with E-state index in [4.69, 9.17) is 11.6 Å². The Morgan fingerprint density at radius 1 is 0.947 bits per heavy atom. The maximum atomic E-state index is 14.6. The van der Waals surface area contributed by atoms with Gasteiger partial charge < -0.3 is 0 Å². The van der Waals surface area contributed by atoms with Crippen molar-refractivity contribution in [3.8, 4) is 0 Å². The molecular formula is C16H15ClF2. The van der Waals surface area contributed by atoms with Crippen LogP contribution in [0, 0.1) is 5.82 Å². The van der Waals surface area contributed by atoms with Gasteiger partial charge in [0.15, 0.2) is 0 Å². The van der Waals surface area contributed by atoms with Crippen LogP contribution in [0.5, 0.6) is 0 Å². The Labute approximate surface area is 117 Å². The predicted octanol–water partition coefficient (Wildman–Crippen LogP) is 5.25. The fourth-order valence-electron chi connectivity index (χ4n) is 2.22. The molecule has 0 aliphatic heterocycles. The largest absolute Gasteiger partial charge is 0.242 e. The predicted molar refractivity (Wildman–Crippen MR) is 74.8 cm³/mol. The van der Waals surface area contributed by atoms with Gasteiger partial charge >= 0.3 is 0 Å². The summed E-state index contributed by atoms with van der Waals surface area (Å²) in [7, 11) is 0. The molecule has 0 bridgehead atoms. The summed E-state index contributed by atoms with van der Waals surface area (Å²) < 4.78 is 28.3. The molecule has 0 nitrogen and oxygen atoms in total. The quantitative estimate of drug-likeness (QED) is 0.656. The monoisotopic (exact) mass is 280 g/mol. The van der Waals surface area contributed by atoms with E-state index >= 15 is 0 Å². The van der Waals surface area contributed by atoms with Crippen molar-refractivity contribution in [1.82, 2.24) is 0 Å². The summed E-state index contributed by atoms with van der Waals surface area (Å²) in [5.41, 5.74) is 0.945. The molecule has 19 heavy (non-hydrogen) atoms. The molecule has 2 aromatic rings. The Morgan fingerprint density at radius 2 is 1.58 bits per heavy atom. The van der Waals surface area contributed by atoms with E-state index in [0.717, 1.165) is 5.56 Å². The molecule has 0 spiro atoms. The highest BCUT2D eigenvalue weighted by Gasteiger charge is 2.26. The molecule has 0 amide bonds. The SMILES string of the molecule is Fc1ccccc1C(F)C(CCCl)c1ccccc1. The maximum Gasteiger partial charge on any atom is 0.135 e. The molecular weight excluding hydrogens is 266 g/mol. The van der Waals surface area contributed by atoms with Gasteiger partial charge in [0.25, 0.3) is 0 Å². The summed E-state index contributed by atoms with van der Waals surface area (Å²) >= 11 is 5.76. The molecule has 0 aromatic heterocycles. The normalized spacial score (nSPS) is 14.1. The highest BCUT2D eigenvalue weighted by Crippen LogP contribution is 2.37. The Kier molecular flexibility index (Phi) is 4.92. The van der Waals surface area contributed by atoms with Gasteiger partial charge in [-0.1, -0.05) is 48.5 Å². The van der Waals surface area contributed by atoms with Crippen LogP contribution in [0.4, 0.5) is 8.78 Å². The van der Waals surface area contributed by atoms with Crippen molar-refractivity contribution >= 4 is 11.6 Å². The van der Waals surface area contributed by atoms with Crippen molar-refractivity contribution in [2.75, 3.05) is 5.88 Å². The van der Waals surface area contributed by atoms with E-state index in [1.807, 2.05) is 30.3 Å². The summed E-state index contributed by atoms with van der Waals surface area (Å²) in [5, 5.41) is 0. The minimum Gasteiger partial charge on any atom is -0.242 e. The molecule has 0 aliphatic carbocycles. The average Bonchev–Trinajstić information content (AvgIpc) is 2.45. The molecule has 0 saturated heterocycles. The third kappa shape index (κ3) is 3.32. The van der Waals surface area contributed by atoms with Crippen molar-refractivity contribution in [1.29, 1.82) is 0 Å². The first-order chi connectivity index (χ1) is 9.24. The van der Waals surface area contributed by atoms with Gasteiger partial charge in [0.05, 0.1) is 0 Å². The van der Waals surface area contributed by atoms with Gasteiger partial charge in [0.1, 0.15) is 12.0 Å². The highest BCUT2D eigenvalue weighted by atomic mass is 35.5. The zero-order chi connectivity index (χ0) is 13.7. The minimum absolute atomic E-state index is 0.0986. The van der Waals surface area contributed by atoms with Crippen molar-refractivity contribution < 1.29 is 8.78 Å². The van der Waals surface area contributed by atoms with Crippen LogP contribution in [-0.2, 0) is 0 Å². The first-order valence-electron chi connectivity index (χ1n) is 6.23. The Hall–Kier alpha value is -1.41. The zero-order valence-electron chi connectivity index (χ0n) is 10.4. The zero-order valence-corrected chi connectivity index (χ0v) is 11.2. The maximum absolute atomic E-state index is 14.6. The van der Waals surface area contributed by atoms with E-state index in [1.165, 1.54) is 12.1 Å². The van der Waals surface area contributed by atoms with E-state index in [1.54, 1.807) is 12.1 Å². The van der Waals surface area contributed by atoms with Crippen molar-refractivity contribution in [3.63, 3.8) is 0 Å². The second kappa shape index (κ2) is 6.67. The number of benzene rings is 2.